The Labute approximate surface area is 135 Å². The molecule has 0 saturated carbocycles. The number of aromatic nitrogens is 1. The van der Waals surface area contributed by atoms with Crippen molar-refractivity contribution >= 4 is 17.5 Å². The van der Waals surface area contributed by atoms with Gasteiger partial charge in [-0.25, -0.2) is 0 Å². The van der Waals surface area contributed by atoms with Crippen molar-refractivity contribution < 1.29 is 9.59 Å². The summed E-state index contributed by atoms with van der Waals surface area (Å²) in [6.45, 7) is 7.83. The highest BCUT2D eigenvalue weighted by atomic mass is 16.2. The Morgan fingerprint density at radius 1 is 1.17 bits per heavy atom. The number of anilines is 1. The van der Waals surface area contributed by atoms with Gasteiger partial charge >= 0.3 is 0 Å². The lowest BCUT2D eigenvalue weighted by Crippen LogP contribution is -2.24. The van der Waals surface area contributed by atoms with Crippen LogP contribution in [0.2, 0.25) is 0 Å². The maximum absolute atomic E-state index is 12.4. The van der Waals surface area contributed by atoms with Gasteiger partial charge in [0, 0.05) is 24.6 Å². The van der Waals surface area contributed by atoms with E-state index in [-0.39, 0.29) is 11.8 Å². The number of pyridine rings is 1. The molecular formula is C18H19N3O2. The second-order valence-corrected chi connectivity index (χ2v) is 5.16. The maximum Gasteiger partial charge on any atom is 0.257 e. The molecule has 0 atom stereocenters. The van der Waals surface area contributed by atoms with E-state index >= 15 is 0 Å². The van der Waals surface area contributed by atoms with Gasteiger partial charge in [-0.1, -0.05) is 18.2 Å². The molecule has 0 aliphatic heterocycles. The topological polar surface area (TPSA) is 71.1 Å². The minimum absolute atomic E-state index is 0.293. The molecule has 5 heteroatoms. The number of aryl methyl sites for hydroxylation is 1. The lowest BCUT2D eigenvalue weighted by Gasteiger charge is -2.10. The molecule has 0 aliphatic carbocycles. The van der Waals surface area contributed by atoms with E-state index in [0.29, 0.717) is 17.7 Å². The van der Waals surface area contributed by atoms with E-state index in [2.05, 4.69) is 22.2 Å². The van der Waals surface area contributed by atoms with Crippen molar-refractivity contribution in [3.8, 4) is 0 Å². The molecule has 0 aliphatic rings. The van der Waals surface area contributed by atoms with Crippen LogP contribution in [0.15, 0.2) is 49.3 Å². The van der Waals surface area contributed by atoms with Crippen LogP contribution in [0.4, 0.5) is 5.69 Å². The molecule has 0 fully saturated rings. The predicted octanol–water partition coefficient (Wildman–Crippen LogP) is 2.87. The van der Waals surface area contributed by atoms with Gasteiger partial charge in [-0.05, 0) is 37.1 Å². The third-order valence-electron chi connectivity index (χ3n) is 3.52. The SMILES string of the molecule is C=CCNC(=O)c1cncc(C(=O)Nc2cccc(C)c2C)c1. The quantitative estimate of drug-likeness (QED) is 0.834. The summed E-state index contributed by atoms with van der Waals surface area (Å²) >= 11 is 0. The monoisotopic (exact) mass is 309 g/mol. The third-order valence-corrected chi connectivity index (χ3v) is 3.52. The Bertz CT molecular complexity index is 754. The molecule has 118 valence electrons. The van der Waals surface area contributed by atoms with Gasteiger partial charge in [0.05, 0.1) is 11.1 Å². The summed E-state index contributed by atoms with van der Waals surface area (Å²) in [4.78, 5) is 28.2. The normalized spacial score (nSPS) is 10.0. The molecule has 0 unspecified atom stereocenters. The van der Waals surface area contributed by atoms with Crippen LogP contribution in [-0.2, 0) is 0 Å². The van der Waals surface area contributed by atoms with Gasteiger partial charge in [-0.2, -0.15) is 0 Å². The first-order valence-electron chi connectivity index (χ1n) is 7.24. The Morgan fingerprint density at radius 3 is 2.57 bits per heavy atom. The number of carbonyl (C=O) groups excluding carboxylic acids is 2. The molecule has 0 spiro atoms. The molecule has 5 nitrogen and oxygen atoms in total. The van der Waals surface area contributed by atoms with E-state index in [4.69, 9.17) is 0 Å². The summed E-state index contributed by atoms with van der Waals surface area (Å²) in [7, 11) is 0. The van der Waals surface area contributed by atoms with Gasteiger partial charge in [-0.3, -0.25) is 14.6 Å². The number of rotatable bonds is 5. The molecular weight excluding hydrogens is 290 g/mol. The summed E-state index contributed by atoms with van der Waals surface area (Å²) < 4.78 is 0. The molecule has 0 radical (unpaired) electrons. The average Bonchev–Trinajstić information content (AvgIpc) is 2.57. The third kappa shape index (κ3) is 4.03. The Morgan fingerprint density at radius 2 is 1.87 bits per heavy atom. The largest absolute Gasteiger partial charge is 0.349 e. The molecule has 2 aromatic rings. The zero-order chi connectivity index (χ0) is 16.8. The van der Waals surface area contributed by atoms with Gasteiger partial charge < -0.3 is 10.6 Å². The van der Waals surface area contributed by atoms with E-state index < -0.39 is 0 Å². The number of nitrogens with zero attached hydrogens (tertiary/aromatic N) is 1. The number of carbonyl (C=O) groups is 2. The zero-order valence-electron chi connectivity index (χ0n) is 13.2. The molecule has 2 amide bonds. The molecule has 0 bridgehead atoms. The van der Waals surface area contributed by atoms with Crippen LogP contribution in [0, 0.1) is 13.8 Å². The smallest absolute Gasteiger partial charge is 0.257 e. The summed E-state index contributed by atoms with van der Waals surface area (Å²) in [5.74, 6) is -0.594. The number of benzene rings is 1. The van der Waals surface area contributed by atoms with Gasteiger partial charge in [0.25, 0.3) is 11.8 Å². The number of amides is 2. The van der Waals surface area contributed by atoms with Crippen LogP contribution in [-0.4, -0.2) is 23.3 Å². The van der Waals surface area contributed by atoms with Crippen molar-refractivity contribution in [2.75, 3.05) is 11.9 Å². The number of hydrogen-bond acceptors (Lipinski definition) is 3. The predicted molar refractivity (Wildman–Crippen MR) is 90.6 cm³/mol. The first-order chi connectivity index (χ1) is 11.0. The van der Waals surface area contributed by atoms with E-state index in [1.54, 1.807) is 6.08 Å². The van der Waals surface area contributed by atoms with Crippen LogP contribution in [0.5, 0.6) is 0 Å². The van der Waals surface area contributed by atoms with E-state index in [0.717, 1.165) is 16.8 Å². The first kappa shape index (κ1) is 16.4. The maximum atomic E-state index is 12.4. The average molecular weight is 309 g/mol. The summed E-state index contributed by atoms with van der Waals surface area (Å²) in [5, 5.41) is 5.50. The molecule has 2 rings (SSSR count). The van der Waals surface area contributed by atoms with Crippen LogP contribution < -0.4 is 10.6 Å². The van der Waals surface area contributed by atoms with E-state index in [1.165, 1.54) is 18.5 Å². The standard InChI is InChI=1S/C18H19N3O2/c1-4-8-20-17(22)14-9-15(11-19-10-14)18(23)21-16-7-5-6-12(2)13(16)3/h4-7,9-11H,1,8H2,2-3H3,(H,20,22)(H,21,23). The fraction of sp³-hybridized carbons (Fsp3) is 0.167. The van der Waals surface area contributed by atoms with Gasteiger partial charge in [-0.15, -0.1) is 6.58 Å². The summed E-state index contributed by atoms with van der Waals surface area (Å²) in [6.07, 6.45) is 4.44. The van der Waals surface area contributed by atoms with Crippen LogP contribution in [0.3, 0.4) is 0 Å². The fourth-order valence-corrected chi connectivity index (χ4v) is 2.04. The second-order valence-electron chi connectivity index (χ2n) is 5.16. The van der Waals surface area contributed by atoms with E-state index in [9.17, 15) is 9.59 Å². The molecule has 1 heterocycles. The van der Waals surface area contributed by atoms with E-state index in [1.807, 2.05) is 32.0 Å². The van der Waals surface area contributed by atoms with Crippen molar-refractivity contribution in [2.24, 2.45) is 0 Å². The van der Waals surface area contributed by atoms with Crippen LogP contribution >= 0.6 is 0 Å². The van der Waals surface area contributed by atoms with Crippen LogP contribution in [0.1, 0.15) is 31.8 Å². The zero-order valence-corrected chi connectivity index (χ0v) is 13.2. The lowest BCUT2D eigenvalue weighted by molar-refractivity contribution is 0.0957. The highest BCUT2D eigenvalue weighted by Crippen LogP contribution is 2.18. The highest BCUT2D eigenvalue weighted by Gasteiger charge is 2.12. The lowest BCUT2D eigenvalue weighted by atomic mass is 10.1. The Balaban J connectivity index is 2.18. The first-order valence-corrected chi connectivity index (χ1v) is 7.24. The summed E-state index contributed by atoms with van der Waals surface area (Å²) in [6, 6.07) is 7.23. The molecule has 2 N–H and O–H groups in total. The minimum Gasteiger partial charge on any atom is -0.349 e. The van der Waals surface area contributed by atoms with Crippen molar-refractivity contribution in [1.29, 1.82) is 0 Å². The number of hydrogen-bond donors (Lipinski definition) is 2. The minimum atomic E-state index is -0.301. The molecule has 1 aromatic heterocycles. The van der Waals surface area contributed by atoms with Gasteiger partial charge in [0.15, 0.2) is 0 Å². The second kappa shape index (κ2) is 7.35. The molecule has 1 aromatic carbocycles. The van der Waals surface area contributed by atoms with Gasteiger partial charge in [0.2, 0.25) is 0 Å². The van der Waals surface area contributed by atoms with Crippen molar-refractivity contribution in [3.05, 3.63) is 71.6 Å². The highest BCUT2D eigenvalue weighted by molar-refractivity contribution is 6.06. The van der Waals surface area contributed by atoms with Crippen molar-refractivity contribution in [1.82, 2.24) is 10.3 Å². The van der Waals surface area contributed by atoms with Crippen molar-refractivity contribution in [2.45, 2.75) is 13.8 Å². The van der Waals surface area contributed by atoms with Gasteiger partial charge in [0.1, 0.15) is 0 Å². The van der Waals surface area contributed by atoms with Crippen molar-refractivity contribution in [3.63, 3.8) is 0 Å². The molecule has 23 heavy (non-hydrogen) atoms. The number of nitrogens with one attached hydrogen (secondary N) is 2. The Kier molecular flexibility index (Phi) is 5.25. The molecule has 0 saturated heterocycles. The van der Waals surface area contributed by atoms with Crippen LogP contribution in [0.25, 0.3) is 0 Å². The fourth-order valence-electron chi connectivity index (χ4n) is 2.04. The summed E-state index contributed by atoms with van der Waals surface area (Å²) in [5.41, 5.74) is 3.52. The Hall–Kier alpha value is -2.95.